The Kier molecular flexibility index (Phi) is 4.82. The first kappa shape index (κ1) is 16.1. The fraction of sp³-hybridized carbons (Fsp3) is 0.111. The minimum absolute atomic E-state index is 0.272. The number of carbonyl (C=O) groups excluding carboxylic acids is 1. The van der Waals surface area contributed by atoms with Crippen LogP contribution in [0.3, 0.4) is 0 Å². The normalized spacial score (nSPS) is 10.4. The molecule has 0 saturated heterocycles. The Morgan fingerprint density at radius 3 is 2.71 bits per heavy atom. The molecule has 24 heavy (non-hydrogen) atoms. The van der Waals surface area contributed by atoms with Crippen molar-refractivity contribution in [1.82, 2.24) is 10.3 Å². The average molecular weight is 342 g/mol. The largest absolute Gasteiger partial charge is 0.441 e. The van der Waals surface area contributed by atoms with Crippen molar-refractivity contribution in [1.29, 1.82) is 0 Å². The number of benzene rings is 2. The zero-order valence-electron chi connectivity index (χ0n) is 13.0. The second-order valence-corrected chi connectivity index (χ2v) is 5.64. The molecule has 5 nitrogen and oxygen atoms in total. The predicted octanol–water partition coefficient (Wildman–Crippen LogP) is 4.63. The number of amides is 2. The van der Waals surface area contributed by atoms with Gasteiger partial charge in [0.2, 0.25) is 5.89 Å². The lowest BCUT2D eigenvalue weighted by atomic mass is 10.2. The topological polar surface area (TPSA) is 67.2 Å². The van der Waals surface area contributed by atoms with Gasteiger partial charge in [-0.25, -0.2) is 9.78 Å². The Hall–Kier alpha value is -2.79. The molecule has 0 spiro atoms. The molecular formula is C18H16ClN3O2. The van der Waals surface area contributed by atoms with Crippen molar-refractivity contribution in [3.63, 3.8) is 0 Å². The molecule has 0 aliphatic rings. The van der Waals surface area contributed by atoms with Gasteiger partial charge in [0.15, 0.2) is 0 Å². The lowest BCUT2D eigenvalue weighted by molar-refractivity contribution is 0.251. The highest BCUT2D eigenvalue weighted by Gasteiger charge is 2.12. The van der Waals surface area contributed by atoms with E-state index in [9.17, 15) is 4.79 Å². The average Bonchev–Trinajstić information content (AvgIpc) is 2.95. The summed E-state index contributed by atoms with van der Waals surface area (Å²) in [4.78, 5) is 16.4. The first-order valence-electron chi connectivity index (χ1n) is 7.44. The molecule has 0 aliphatic heterocycles. The molecule has 0 fully saturated rings. The van der Waals surface area contributed by atoms with Crippen LogP contribution in [0.5, 0.6) is 0 Å². The number of rotatable bonds is 4. The number of anilines is 1. The maximum Gasteiger partial charge on any atom is 0.319 e. The van der Waals surface area contributed by atoms with Crippen LogP contribution in [0.1, 0.15) is 11.5 Å². The van der Waals surface area contributed by atoms with E-state index in [-0.39, 0.29) is 12.6 Å². The van der Waals surface area contributed by atoms with Crippen LogP contribution in [0, 0.1) is 6.92 Å². The highest BCUT2D eigenvalue weighted by Crippen LogP contribution is 2.24. The molecule has 2 aromatic carbocycles. The van der Waals surface area contributed by atoms with E-state index in [4.69, 9.17) is 16.0 Å². The number of aromatic nitrogens is 1. The highest BCUT2D eigenvalue weighted by molar-refractivity contribution is 6.30. The lowest BCUT2D eigenvalue weighted by Crippen LogP contribution is -2.28. The van der Waals surface area contributed by atoms with Gasteiger partial charge < -0.3 is 15.1 Å². The van der Waals surface area contributed by atoms with Crippen LogP contribution in [0.25, 0.3) is 11.5 Å². The number of halogens is 1. The molecule has 2 amide bonds. The molecule has 0 radical (unpaired) electrons. The van der Waals surface area contributed by atoms with Crippen LogP contribution in [-0.4, -0.2) is 11.0 Å². The fourth-order valence-electron chi connectivity index (χ4n) is 2.20. The summed E-state index contributed by atoms with van der Waals surface area (Å²) in [5.74, 6) is 1.14. The molecule has 1 aromatic heterocycles. The first-order chi connectivity index (χ1) is 11.6. The summed E-state index contributed by atoms with van der Waals surface area (Å²) in [7, 11) is 0. The van der Waals surface area contributed by atoms with E-state index in [1.54, 1.807) is 12.1 Å². The molecule has 122 valence electrons. The summed E-state index contributed by atoms with van der Waals surface area (Å²) in [5, 5.41) is 6.13. The van der Waals surface area contributed by atoms with Crippen molar-refractivity contribution in [2.24, 2.45) is 0 Å². The van der Waals surface area contributed by atoms with E-state index in [2.05, 4.69) is 15.6 Å². The van der Waals surface area contributed by atoms with Crippen LogP contribution in [-0.2, 0) is 6.54 Å². The van der Waals surface area contributed by atoms with E-state index in [1.807, 2.05) is 49.4 Å². The van der Waals surface area contributed by atoms with E-state index in [0.29, 0.717) is 22.4 Å². The number of nitrogens with zero attached hydrogens (tertiary/aromatic N) is 1. The first-order valence-corrected chi connectivity index (χ1v) is 7.82. The molecule has 3 aromatic rings. The number of oxazole rings is 1. The molecule has 0 bridgehead atoms. The summed E-state index contributed by atoms with van der Waals surface area (Å²) in [6.45, 7) is 2.09. The minimum Gasteiger partial charge on any atom is -0.441 e. The fourth-order valence-corrected chi connectivity index (χ4v) is 2.39. The van der Waals surface area contributed by atoms with Crippen LogP contribution in [0.2, 0.25) is 5.02 Å². The second-order valence-electron chi connectivity index (χ2n) is 5.21. The number of aryl methyl sites for hydroxylation is 1. The standard InChI is InChI=1S/C18H16ClN3O2/c1-12-16(11-20-18(23)21-15-8-3-2-4-9-15)22-17(24-12)13-6-5-7-14(19)10-13/h2-10H,11H2,1H3,(H2,20,21,23). The van der Waals surface area contributed by atoms with Gasteiger partial charge in [-0.1, -0.05) is 35.9 Å². The summed E-state index contributed by atoms with van der Waals surface area (Å²) >= 11 is 5.99. The van der Waals surface area contributed by atoms with Crippen molar-refractivity contribution in [2.75, 3.05) is 5.32 Å². The maximum absolute atomic E-state index is 11.9. The van der Waals surface area contributed by atoms with E-state index in [0.717, 1.165) is 11.3 Å². The van der Waals surface area contributed by atoms with E-state index in [1.165, 1.54) is 0 Å². The Morgan fingerprint density at radius 2 is 1.96 bits per heavy atom. The Bertz CT molecular complexity index is 846. The molecule has 2 N–H and O–H groups in total. The second kappa shape index (κ2) is 7.19. The molecule has 0 saturated carbocycles. The van der Waals surface area contributed by atoms with Gasteiger partial charge in [0.05, 0.1) is 6.54 Å². The summed E-state index contributed by atoms with van der Waals surface area (Å²) < 4.78 is 5.66. The Labute approximate surface area is 144 Å². The van der Waals surface area contributed by atoms with Crippen molar-refractivity contribution >= 4 is 23.3 Å². The molecular weight excluding hydrogens is 326 g/mol. The molecule has 0 aliphatic carbocycles. The molecule has 0 atom stereocenters. The minimum atomic E-state index is -0.298. The number of hydrogen-bond acceptors (Lipinski definition) is 3. The van der Waals surface area contributed by atoms with Gasteiger partial charge in [-0.05, 0) is 37.3 Å². The van der Waals surface area contributed by atoms with E-state index < -0.39 is 0 Å². The Morgan fingerprint density at radius 1 is 1.17 bits per heavy atom. The van der Waals surface area contributed by atoms with Crippen LogP contribution < -0.4 is 10.6 Å². The number of hydrogen-bond donors (Lipinski definition) is 2. The third-order valence-electron chi connectivity index (χ3n) is 3.41. The van der Waals surface area contributed by atoms with Crippen LogP contribution in [0.4, 0.5) is 10.5 Å². The van der Waals surface area contributed by atoms with Crippen molar-refractivity contribution in [3.05, 3.63) is 71.1 Å². The van der Waals surface area contributed by atoms with Gasteiger partial charge in [-0.3, -0.25) is 0 Å². The van der Waals surface area contributed by atoms with Gasteiger partial charge in [0, 0.05) is 16.3 Å². The lowest BCUT2D eigenvalue weighted by Gasteiger charge is -2.06. The van der Waals surface area contributed by atoms with Gasteiger partial charge >= 0.3 is 6.03 Å². The smallest absolute Gasteiger partial charge is 0.319 e. The van der Waals surface area contributed by atoms with Gasteiger partial charge in [-0.2, -0.15) is 0 Å². The summed E-state index contributed by atoms with van der Waals surface area (Å²) in [6.07, 6.45) is 0. The van der Waals surface area contributed by atoms with Gasteiger partial charge in [-0.15, -0.1) is 0 Å². The number of nitrogens with one attached hydrogen (secondary N) is 2. The molecule has 0 unspecified atom stereocenters. The van der Waals surface area contributed by atoms with Crippen molar-refractivity contribution in [3.8, 4) is 11.5 Å². The Balaban J connectivity index is 1.65. The quantitative estimate of drug-likeness (QED) is 0.727. The maximum atomic E-state index is 11.9. The van der Waals surface area contributed by atoms with E-state index >= 15 is 0 Å². The predicted molar refractivity (Wildman–Crippen MR) is 94.0 cm³/mol. The summed E-state index contributed by atoms with van der Waals surface area (Å²) in [5.41, 5.74) is 2.20. The number of carbonyl (C=O) groups is 1. The van der Waals surface area contributed by atoms with Gasteiger partial charge in [0.1, 0.15) is 11.5 Å². The molecule has 3 rings (SSSR count). The van der Waals surface area contributed by atoms with Crippen LogP contribution in [0.15, 0.2) is 59.0 Å². The van der Waals surface area contributed by atoms with Gasteiger partial charge in [0.25, 0.3) is 0 Å². The third-order valence-corrected chi connectivity index (χ3v) is 3.65. The zero-order chi connectivity index (χ0) is 16.9. The highest BCUT2D eigenvalue weighted by atomic mass is 35.5. The van der Waals surface area contributed by atoms with Crippen molar-refractivity contribution < 1.29 is 9.21 Å². The number of urea groups is 1. The SMILES string of the molecule is Cc1oc(-c2cccc(Cl)c2)nc1CNC(=O)Nc1ccccc1. The summed E-state index contributed by atoms with van der Waals surface area (Å²) in [6, 6.07) is 16.2. The van der Waals surface area contributed by atoms with Crippen molar-refractivity contribution in [2.45, 2.75) is 13.5 Å². The zero-order valence-corrected chi connectivity index (χ0v) is 13.8. The number of para-hydroxylation sites is 1. The third kappa shape index (κ3) is 3.94. The molecule has 6 heteroatoms. The molecule has 1 heterocycles. The van der Waals surface area contributed by atoms with Crippen LogP contribution >= 0.6 is 11.6 Å². The monoisotopic (exact) mass is 341 g/mol.